The highest BCUT2D eigenvalue weighted by Crippen LogP contribution is 2.29. The summed E-state index contributed by atoms with van der Waals surface area (Å²) < 4.78 is 5.75. The van der Waals surface area contributed by atoms with Crippen molar-refractivity contribution >= 4 is 10.2 Å². The van der Waals surface area contributed by atoms with Gasteiger partial charge in [-0.3, -0.25) is 5.10 Å². The lowest BCUT2D eigenvalue weighted by atomic mass is 10.1. The summed E-state index contributed by atoms with van der Waals surface area (Å²) in [5.74, 6) is 0. The largest absolute Gasteiger partial charge is 0.373 e. The van der Waals surface area contributed by atoms with E-state index in [0.29, 0.717) is 0 Å². The Bertz CT molecular complexity index is 243. The van der Waals surface area contributed by atoms with Crippen LogP contribution in [-0.4, -0.2) is 32.3 Å². The summed E-state index contributed by atoms with van der Waals surface area (Å²) in [7, 11) is 0.988. The van der Waals surface area contributed by atoms with Gasteiger partial charge in [0, 0.05) is 12.8 Å². The van der Waals surface area contributed by atoms with Gasteiger partial charge in [-0.25, -0.2) is 0 Å². The molecule has 1 atom stereocenters. The molecule has 0 aromatic carbocycles. The molecule has 2 heterocycles. The predicted octanol–water partition coefficient (Wildman–Crippen LogP) is -0.477. The summed E-state index contributed by atoms with van der Waals surface area (Å²) in [6, 6.07) is 0. The fraction of sp³-hybridized carbons (Fsp3) is 0.714. The van der Waals surface area contributed by atoms with Crippen LogP contribution in [0.4, 0.5) is 0 Å². The lowest BCUT2D eigenvalue weighted by Crippen LogP contribution is -2.34. The van der Waals surface area contributed by atoms with Crippen LogP contribution in [-0.2, 0) is 9.96 Å². The molecule has 12 heavy (non-hydrogen) atoms. The number of hydrogen-bond donors (Lipinski definition) is 1. The molecule has 1 unspecified atom stereocenters. The quantitative estimate of drug-likeness (QED) is 0.599. The molecule has 1 aromatic heterocycles. The Morgan fingerprint density at radius 3 is 3.08 bits per heavy atom. The Kier molecular flexibility index (Phi) is 1.98. The number of aromatic nitrogens is 3. The van der Waals surface area contributed by atoms with E-state index in [2.05, 4.69) is 15.4 Å². The first-order valence-electron chi connectivity index (χ1n) is 4.32. The summed E-state index contributed by atoms with van der Waals surface area (Å²) in [6.45, 7) is 0.871. The maximum atomic E-state index is 5.75. The van der Waals surface area contributed by atoms with Crippen molar-refractivity contribution in [1.29, 1.82) is 0 Å². The van der Waals surface area contributed by atoms with Crippen molar-refractivity contribution in [2.24, 2.45) is 0 Å². The van der Waals surface area contributed by atoms with Gasteiger partial charge in [0.15, 0.2) is 0 Å². The molecule has 5 heteroatoms. The van der Waals surface area contributed by atoms with Gasteiger partial charge in [0.25, 0.3) is 0 Å². The summed E-state index contributed by atoms with van der Waals surface area (Å²) >= 11 is 0. The Labute approximate surface area is 74.1 Å². The number of nitrogens with one attached hydrogen (secondary N) is 1. The lowest BCUT2D eigenvalue weighted by Gasteiger charge is -2.31. The summed E-state index contributed by atoms with van der Waals surface area (Å²) in [6.07, 6.45) is 5.38. The molecule has 0 bridgehead atoms. The van der Waals surface area contributed by atoms with E-state index in [-0.39, 0.29) is 5.22 Å². The molecule has 0 saturated carbocycles. The lowest BCUT2D eigenvalue weighted by molar-refractivity contribution is -0.0238. The molecule has 1 fully saturated rings. The number of rotatable bonds is 1. The van der Waals surface area contributed by atoms with Gasteiger partial charge in [-0.05, 0) is 19.3 Å². The zero-order chi connectivity index (χ0) is 8.44. The Morgan fingerprint density at radius 2 is 2.50 bits per heavy atom. The summed E-state index contributed by atoms with van der Waals surface area (Å²) in [5, 5.41) is 10.4. The van der Waals surface area contributed by atoms with Crippen LogP contribution in [0.2, 0.25) is 0 Å². The highest BCUT2D eigenvalue weighted by atomic mass is 28.1. The number of nitrogens with zero attached hydrogens (tertiary/aromatic N) is 2. The maximum Gasteiger partial charge on any atom is 0.110 e. The van der Waals surface area contributed by atoms with Gasteiger partial charge in [0.05, 0.1) is 15.5 Å². The third kappa shape index (κ3) is 1.29. The van der Waals surface area contributed by atoms with Crippen molar-refractivity contribution in [3.05, 3.63) is 11.9 Å². The van der Waals surface area contributed by atoms with Crippen LogP contribution in [0.5, 0.6) is 0 Å². The number of H-pyrrole nitrogens is 1. The molecule has 1 aliphatic heterocycles. The third-order valence-corrected chi connectivity index (χ3v) is 3.73. The topological polar surface area (TPSA) is 50.8 Å². The van der Waals surface area contributed by atoms with Gasteiger partial charge in [-0.2, -0.15) is 0 Å². The van der Waals surface area contributed by atoms with E-state index in [4.69, 9.17) is 4.74 Å². The molecule has 0 spiro atoms. The first-order chi connectivity index (χ1) is 5.81. The van der Waals surface area contributed by atoms with Gasteiger partial charge in [-0.1, -0.05) is 5.21 Å². The highest BCUT2D eigenvalue weighted by molar-refractivity contribution is 6.14. The van der Waals surface area contributed by atoms with Crippen LogP contribution in [0.1, 0.15) is 25.0 Å². The molecular formula is C7H13N3OSi. The zero-order valence-electron chi connectivity index (χ0n) is 7.21. The van der Waals surface area contributed by atoms with Crippen molar-refractivity contribution in [1.82, 2.24) is 15.4 Å². The molecule has 2 rings (SSSR count). The van der Waals surface area contributed by atoms with E-state index in [0.717, 1.165) is 29.0 Å². The first kappa shape index (κ1) is 7.94. The monoisotopic (exact) mass is 183 g/mol. The molecule has 0 amide bonds. The average molecular weight is 183 g/mol. The molecule has 1 saturated heterocycles. The second-order valence-electron chi connectivity index (χ2n) is 3.40. The van der Waals surface area contributed by atoms with Gasteiger partial charge >= 0.3 is 0 Å². The third-order valence-electron chi connectivity index (χ3n) is 2.43. The van der Waals surface area contributed by atoms with Crippen LogP contribution in [0.3, 0.4) is 0 Å². The van der Waals surface area contributed by atoms with E-state index in [1.54, 1.807) is 0 Å². The van der Waals surface area contributed by atoms with Crippen molar-refractivity contribution in [2.45, 2.75) is 24.5 Å². The minimum absolute atomic E-state index is 0.0642. The zero-order valence-corrected chi connectivity index (χ0v) is 9.21. The van der Waals surface area contributed by atoms with Gasteiger partial charge in [0.2, 0.25) is 0 Å². The molecule has 1 aliphatic rings. The van der Waals surface area contributed by atoms with Gasteiger partial charge in [-0.15, -0.1) is 5.10 Å². The van der Waals surface area contributed by atoms with E-state index < -0.39 is 0 Å². The molecule has 0 radical (unpaired) electrons. The van der Waals surface area contributed by atoms with E-state index in [1.165, 1.54) is 12.8 Å². The summed E-state index contributed by atoms with van der Waals surface area (Å²) in [4.78, 5) is 0. The Morgan fingerprint density at radius 1 is 1.58 bits per heavy atom. The molecular weight excluding hydrogens is 170 g/mol. The minimum Gasteiger partial charge on any atom is -0.373 e. The van der Waals surface area contributed by atoms with E-state index in [9.17, 15) is 0 Å². The SMILES string of the molecule is [SiH3]C1(c2c[nH]nn2)CCCCO1. The summed E-state index contributed by atoms with van der Waals surface area (Å²) in [5.41, 5.74) is 0.980. The number of hydrogen-bond acceptors (Lipinski definition) is 3. The van der Waals surface area contributed by atoms with Crippen molar-refractivity contribution in [3.63, 3.8) is 0 Å². The normalized spacial score (nSPS) is 30.7. The van der Waals surface area contributed by atoms with Crippen LogP contribution < -0.4 is 0 Å². The van der Waals surface area contributed by atoms with Crippen molar-refractivity contribution < 1.29 is 4.74 Å². The van der Waals surface area contributed by atoms with Crippen LogP contribution in [0.25, 0.3) is 0 Å². The van der Waals surface area contributed by atoms with Crippen LogP contribution in [0, 0.1) is 0 Å². The van der Waals surface area contributed by atoms with Crippen molar-refractivity contribution in [3.8, 4) is 0 Å². The molecule has 1 aromatic rings. The molecule has 0 aliphatic carbocycles. The second-order valence-corrected chi connectivity index (χ2v) is 5.01. The van der Waals surface area contributed by atoms with E-state index >= 15 is 0 Å². The molecule has 66 valence electrons. The average Bonchev–Trinajstić information content (AvgIpc) is 2.58. The number of ether oxygens (including phenoxy) is 1. The van der Waals surface area contributed by atoms with Gasteiger partial charge in [0.1, 0.15) is 5.69 Å². The fourth-order valence-corrected chi connectivity index (χ4v) is 2.40. The standard InChI is InChI=1S/C7H13N3OSi/c12-7(3-1-2-4-11-7)6-5-8-10-9-6/h5H,1-4H2,12H3,(H,8,9,10). The van der Waals surface area contributed by atoms with Gasteiger partial charge < -0.3 is 4.74 Å². The van der Waals surface area contributed by atoms with Crippen LogP contribution >= 0.6 is 0 Å². The van der Waals surface area contributed by atoms with Crippen molar-refractivity contribution in [2.75, 3.05) is 6.61 Å². The number of aromatic amines is 1. The first-order valence-corrected chi connectivity index (χ1v) is 5.32. The maximum absolute atomic E-state index is 5.75. The Hall–Kier alpha value is -0.683. The van der Waals surface area contributed by atoms with E-state index in [1.807, 2.05) is 6.20 Å². The smallest absolute Gasteiger partial charge is 0.110 e. The minimum atomic E-state index is -0.0642. The molecule has 1 N–H and O–H groups in total. The fourth-order valence-electron chi connectivity index (χ4n) is 1.60. The predicted molar refractivity (Wildman–Crippen MR) is 47.8 cm³/mol. The van der Waals surface area contributed by atoms with Crippen LogP contribution in [0.15, 0.2) is 6.20 Å². The molecule has 4 nitrogen and oxygen atoms in total. The Balaban J connectivity index is 2.19. The highest BCUT2D eigenvalue weighted by Gasteiger charge is 2.31. The second kappa shape index (κ2) is 2.99.